The molecule has 1 heterocycles. The quantitative estimate of drug-likeness (QED) is 0.772. The fourth-order valence-electron chi connectivity index (χ4n) is 2.00. The van der Waals surface area contributed by atoms with Gasteiger partial charge in [-0.1, -0.05) is 6.07 Å². The third-order valence-electron chi connectivity index (χ3n) is 3.02. The third kappa shape index (κ3) is 3.20. The fourth-order valence-corrected chi connectivity index (χ4v) is 2.00. The van der Waals surface area contributed by atoms with E-state index in [1.54, 1.807) is 0 Å². The van der Waals surface area contributed by atoms with Crippen LogP contribution in [0.15, 0.2) is 54.7 Å². The van der Waals surface area contributed by atoms with Gasteiger partial charge < -0.3 is 15.0 Å². The average molecular weight is 284 g/mol. The first-order valence-electron chi connectivity index (χ1n) is 6.46. The van der Waals surface area contributed by atoms with Crippen molar-refractivity contribution >= 4 is 22.5 Å². The number of halogens is 1. The molecule has 1 aromatic heterocycles. The molecule has 2 N–H and O–H groups in total. The second-order valence-electron chi connectivity index (χ2n) is 4.57. The van der Waals surface area contributed by atoms with E-state index in [9.17, 15) is 9.18 Å². The highest BCUT2D eigenvalue weighted by Gasteiger charge is 2.05. The van der Waals surface area contributed by atoms with E-state index in [1.807, 2.05) is 30.5 Å². The first kappa shape index (κ1) is 13.2. The molecule has 1 amide bonds. The van der Waals surface area contributed by atoms with Gasteiger partial charge in [-0.3, -0.25) is 4.79 Å². The highest BCUT2D eigenvalue weighted by molar-refractivity contribution is 5.94. The Hall–Kier alpha value is -2.82. The molecule has 0 fully saturated rings. The van der Waals surface area contributed by atoms with Gasteiger partial charge in [-0.2, -0.15) is 0 Å². The molecule has 5 heteroatoms. The lowest BCUT2D eigenvalue weighted by molar-refractivity contribution is -0.118. The summed E-state index contributed by atoms with van der Waals surface area (Å²) in [4.78, 5) is 14.9. The largest absolute Gasteiger partial charge is 0.484 e. The number of rotatable bonds is 4. The van der Waals surface area contributed by atoms with Crippen molar-refractivity contribution in [2.24, 2.45) is 0 Å². The zero-order valence-corrected chi connectivity index (χ0v) is 11.1. The van der Waals surface area contributed by atoms with Crippen LogP contribution >= 0.6 is 0 Å². The summed E-state index contributed by atoms with van der Waals surface area (Å²) >= 11 is 0. The van der Waals surface area contributed by atoms with Crippen LogP contribution < -0.4 is 10.1 Å². The standard InChI is InChI=1S/C16H13FN2O2/c17-12-2-5-14(6-3-12)21-10-16(20)19-13-4-1-11-7-8-18-15(11)9-13/h1-9,18H,10H2,(H,19,20). The summed E-state index contributed by atoms with van der Waals surface area (Å²) in [6, 6.07) is 13.1. The molecule has 0 aliphatic heterocycles. The zero-order valence-electron chi connectivity index (χ0n) is 11.1. The molecule has 0 radical (unpaired) electrons. The van der Waals surface area contributed by atoms with Crippen molar-refractivity contribution in [2.75, 3.05) is 11.9 Å². The summed E-state index contributed by atoms with van der Waals surface area (Å²) in [7, 11) is 0. The van der Waals surface area contributed by atoms with Gasteiger partial charge in [-0.05, 0) is 47.9 Å². The zero-order chi connectivity index (χ0) is 14.7. The van der Waals surface area contributed by atoms with Crippen LogP contribution in [0.25, 0.3) is 10.9 Å². The summed E-state index contributed by atoms with van der Waals surface area (Å²) in [6.45, 7) is -0.131. The Labute approximate surface area is 120 Å². The minimum atomic E-state index is -0.342. The average Bonchev–Trinajstić information content (AvgIpc) is 2.94. The van der Waals surface area contributed by atoms with Crippen molar-refractivity contribution in [1.82, 2.24) is 4.98 Å². The number of hydrogen-bond donors (Lipinski definition) is 2. The van der Waals surface area contributed by atoms with Crippen LogP contribution in [0.4, 0.5) is 10.1 Å². The van der Waals surface area contributed by atoms with E-state index in [-0.39, 0.29) is 18.3 Å². The topological polar surface area (TPSA) is 54.1 Å². The number of benzene rings is 2. The normalized spacial score (nSPS) is 10.5. The lowest BCUT2D eigenvalue weighted by Crippen LogP contribution is -2.20. The van der Waals surface area contributed by atoms with E-state index in [0.717, 1.165) is 10.9 Å². The molecule has 3 aromatic rings. The minimum absolute atomic E-state index is 0.131. The van der Waals surface area contributed by atoms with Crippen LogP contribution in [0.1, 0.15) is 0 Å². The fraction of sp³-hybridized carbons (Fsp3) is 0.0625. The molecule has 0 saturated heterocycles. The molecular formula is C16H13FN2O2. The number of hydrogen-bond acceptors (Lipinski definition) is 2. The molecule has 106 valence electrons. The number of fused-ring (bicyclic) bond motifs is 1. The molecule has 3 rings (SSSR count). The van der Waals surface area contributed by atoms with Gasteiger partial charge in [-0.25, -0.2) is 4.39 Å². The van der Waals surface area contributed by atoms with Crippen LogP contribution in [0, 0.1) is 5.82 Å². The molecule has 4 nitrogen and oxygen atoms in total. The first-order chi connectivity index (χ1) is 10.2. The van der Waals surface area contributed by atoms with E-state index in [0.29, 0.717) is 11.4 Å². The predicted octanol–water partition coefficient (Wildman–Crippen LogP) is 3.32. The van der Waals surface area contributed by atoms with Crippen LogP contribution in [-0.4, -0.2) is 17.5 Å². The molecule has 21 heavy (non-hydrogen) atoms. The maximum Gasteiger partial charge on any atom is 0.262 e. The third-order valence-corrected chi connectivity index (χ3v) is 3.02. The second kappa shape index (κ2) is 5.66. The Morgan fingerprint density at radius 2 is 1.95 bits per heavy atom. The van der Waals surface area contributed by atoms with Gasteiger partial charge in [0.1, 0.15) is 11.6 Å². The van der Waals surface area contributed by atoms with E-state index >= 15 is 0 Å². The van der Waals surface area contributed by atoms with Gasteiger partial charge in [0.05, 0.1) is 0 Å². The van der Waals surface area contributed by atoms with Gasteiger partial charge in [-0.15, -0.1) is 0 Å². The monoisotopic (exact) mass is 284 g/mol. The van der Waals surface area contributed by atoms with E-state index in [4.69, 9.17) is 4.74 Å². The summed E-state index contributed by atoms with van der Waals surface area (Å²) in [5.74, 6) is -0.164. The molecule has 0 aliphatic rings. The summed E-state index contributed by atoms with van der Waals surface area (Å²) < 4.78 is 18.0. The Morgan fingerprint density at radius 3 is 2.76 bits per heavy atom. The highest BCUT2D eigenvalue weighted by Crippen LogP contribution is 2.17. The van der Waals surface area contributed by atoms with Crippen LogP contribution in [0.3, 0.4) is 0 Å². The Balaban J connectivity index is 1.59. The summed E-state index contributed by atoms with van der Waals surface area (Å²) in [6.07, 6.45) is 1.84. The second-order valence-corrected chi connectivity index (χ2v) is 4.57. The van der Waals surface area contributed by atoms with E-state index in [2.05, 4.69) is 10.3 Å². The van der Waals surface area contributed by atoms with Crippen LogP contribution in [0.2, 0.25) is 0 Å². The van der Waals surface area contributed by atoms with Crippen molar-refractivity contribution in [2.45, 2.75) is 0 Å². The van der Waals surface area contributed by atoms with Gasteiger partial charge in [0.15, 0.2) is 6.61 Å². The molecule has 0 aliphatic carbocycles. The van der Waals surface area contributed by atoms with Crippen molar-refractivity contribution in [3.63, 3.8) is 0 Å². The van der Waals surface area contributed by atoms with Gasteiger partial charge in [0.2, 0.25) is 0 Å². The van der Waals surface area contributed by atoms with Gasteiger partial charge >= 0.3 is 0 Å². The minimum Gasteiger partial charge on any atom is -0.484 e. The van der Waals surface area contributed by atoms with Crippen molar-refractivity contribution < 1.29 is 13.9 Å². The molecule has 2 aromatic carbocycles. The maximum atomic E-state index is 12.7. The number of amides is 1. The van der Waals surface area contributed by atoms with Gasteiger partial charge in [0.25, 0.3) is 5.91 Å². The summed E-state index contributed by atoms with van der Waals surface area (Å²) in [5.41, 5.74) is 1.64. The number of carbonyl (C=O) groups is 1. The predicted molar refractivity (Wildman–Crippen MR) is 78.8 cm³/mol. The molecule has 0 spiro atoms. The van der Waals surface area contributed by atoms with Crippen LogP contribution in [0.5, 0.6) is 5.75 Å². The lowest BCUT2D eigenvalue weighted by Gasteiger charge is -2.07. The molecular weight excluding hydrogens is 271 g/mol. The number of ether oxygens (including phenoxy) is 1. The molecule has 0 bridgehead atoms. The number of anilines is 1. The van der Waals surface area contributed by atoms with E-state index in [1.165, 1.54) is 24.3 Å². The number of H-pyrrole nitrogens is 1. The lowest BCUT2D eigenvalue weighted by atomic mass is 10.2. The van der Waals surface area contributed by atoms with Crippen molar-refractivity contribution in [3.8, 4) is 5.75 Å². The summed E-state index contributed by atoms with van der Waals surface area (Å²) in [5, 5.41) is 3.83. The van der Waals surface area contributed by atoms with Gasteiger partial charge in [0, 0.05) is 17.4 Å². The van der Waals surface area contributed by atoms with E-state index < -0.39 is 0 Å². The molecule has 0 atom stereocenters. The SMILES string of the molecule is O=C(COc1ccc(F)cc1)Nc1ccc2cc[nH]c2c1. The van der Waals surface area contributed by atoms with Crippen molar-refractivity contribution in [3.05, 3.63) is 60.5 Å². The Kier molecular flexibility index (Phi) is 3.55. The Bertz CT molecular complexity index is 765. The number of nitrogens with one attached hydrogen (secondary N) is 2. The molecule has 0 saturated carbocycles. The molecule has 0 unspecified atom stereocenters. The highest BCUT2D eigenvalue weighted by atomic mass is 19.1. The number of carbonyl (C=O) groups excluding carboxylic acids is 1. The number of aromatic amines is 1. The first-order valence-corrected chi connectivity index (χ1v) is 6.46. The smallest absolute Gasteiger partial charge is 0.262 e. The Morgan fingerprint density at radius 1 is 1.14 bits per heavy atom. The number of aromatic nitrogens is 1. The van der Waals surface area contributed by atoms with Crippen molar-refractivity contribution in [1.29, 1.82) is 0 Å². The maximum absolute atomic E-state index is 12.7. The van der Waals surface area contributed by atoms with Crippen LogP contribution in [-0.2, 0) is 4.79 Å².